The van der Waals surface area contributed by atoms with Crippen LogP contribution in [0, 0.1) is 11.7 Å². The first-order valence-electron chi connectivity index (χ1n) is 9.58. The number of benzene rings is 1. The van der Waals surface area contributed by atoms with Crippen molar-refractivity contribution in [2.75, 3.05) is 44.2 Å². The molecule has 2 heterocycles. The molecule has 2 aliphatic rings. The number of halogens is 1. The molecule has 1 amide bonds. The first-order valence-corrected chi connectivity index (χ1v) is 9.58. The Morgan fingerprint density at radius 2 is 1.68 bits per heavy atom. The van der Waals surface area contributed by atoms with Crippen LogP contribution in [0.3, 0.4) is 0 Å². The molecular formula is C20H30FN3O. The maximum atomic E-state index is 13.1. The van der Waals surface area contributed by atoms with E-state index >= 15 is 0 Å². The molecule has 0 saturated carbocycles. The van der Waals surface area contributed by atoms with E-state index in [1.54, 1.807) is 0 Å². The van der Waals surface area contributed by atoms with E-state index in [0.717, 1.165) is 64.2 Å². The van der Waals surface area contributed by atoms with E-state index < -0.39 is 0 Å². The lowest BCUT2D eigenvalue weighted by Gasteiger charge is -2.35. The third-order valence-corrected chi connectivity index (χ3v) is 5.61. The van der Waals surface area contributed by atoms with Gasteiger partial charge in [0.25, 0.3) is 0 Å². The highest BCUT2D eigenvalue weighted by atomic mass is 19.1. The summed E-state index contributed by atoms with van der Waals surface area (Å²) in [6.07, 6.45) is 2.85. The van der Waals surface area contributed by atoms with Gasteiger partial charge in [-0.15, -0.1) is 0 Å². The lowest BCUT2D eigenvalue weighted by atomic mass is 9.94. The Morgan fingerprint density at radius 3 is 2.32 bits per heavy atom. The molecule has 5 heteroatoms. The number of carbonyl (C=O) groups excluding carboxylic acids is 1. The van der Waals surface area contributed by atoms with Gasteiger partial charge in [-0.2, -0.15) is 0 Å². The highest BCUT2D eigenvalue weighted by Crippen LogP contribution is 2.25. The zero-order valence-corrected chi connectivity index (χ0v) is 15.5. The fraction of sp³-hybridized carbons (Fsp3) is 0.650. The van der Waals surface area contributed by atoms with E-state index in [1.165, 1.54) is 12.1 Å². The van der Waals surface area contributed by atoms with Crippen LogP contribution in [-0.2, 0) is 4.79 Å². The number of hydrogen-bond acceptors (Lipinski definition) is 3. The Morgan fingerprint density at radius 1 is 1.00 bits per heavy atom. The third kappa shape index (κ3) is 4.51. The standard InChI is InChI=1S/C20H30FN3O/c1-16(2)22-10-3-11-24(15-14-22)20(25)17-8-12-23(13-9-17)19-6-4-18(21)5-7-19/h4-7,16-17H,3,8-15H2,1-2H3. The van der Waals surface area contributed by atoms with Crippen molar-refractivity contribution < 1.29 is 9.18 Å². The number of nitrogens with zero attached hydrogens (tertiary/aromatic N) is 3. The Kier molecular flexibility index (Phi) is 5.94. The Labute approximate surface area is 150 Å². The minimum absolute atomic E-state index is 0.141. The van der Waals surface area contributed by atoms with Crippen molar-refractivity contribution >= 4 is 11.6 Å². The van der Waals surface area contributed by atoms with Crippen LogP contribution in [0.25, 0.3) is 0 Å². The summed E-state index contributed by atoms with van der Waals surface area (Å²) in [5.74, 6) is 0.275. The normalized spacial score (nSPS) is 20.8. The molecule has 3 rings (SSSR count). The fourth-order valence-corrected chi connectivity index (χ4v) is 3.97. The van der Waals surface area contributed by atoms with Crippen LogP contribution in [0.5, 0.6) is 0 Å². The maximum absolute atomic E-state index is 13.1. The second kappa shape index (κ2) is 8.17. The number of piperidine rings is 1. The number of anilines is 1. The minimum atomic E-state index is -0.203. The van der Waals surface area contributed by atoms with Crippen LogP contribution in [0.15, 0.2) is 24.3 Å². The van der Waals surface area contributed by atoms with Gasteiger partial charge in [0.05, 0.1) is 0 Å². The molecule has 0 bridgehead atoms. The van der Waals surface area contributed by atoms with Gasteiger partial charge < -0.3 is 9.80 Å². The molecule has 2 saturated heterocycles. The molecule has 1 aromatic rings. The number of rotatable bonds is 3. The lowest BCUT2D eigenvalue weighted by Crippen LogP contribution is -2.44. The van der Waals surface area contributed by atoms with Crippen molar-refractivity contribution in [3.05, 3.63) is 30.1 Å². The molecule has 138 valence electrons. The van der Waals surface area contributed by atoms with E-state index in [4.69, 9.17) is 0 Å². The van der Waals surface area contributed by atoms with Gasteiger partial charge in [-0.05, 0) is 57.4 Å². The molecule has 25 heavy (non-hydrogen) atoms. The van der Waals surface area contributed by atoms with E-state index in [2.05, 4.69) is 28.5 Å². The van der Waals surface area contributed by atoms with Gasteiger partial charge in [-0.25, -0.2) is 4.39 Å². The Bertz CT molecular complexity index is 567. The summed E-state index contributed by atoms with van der Waals surface area (Å²) in [7, 11) is 0. The van der Waals surface area contributed by atoms with Crippen LogP contribution >= 0.6 is 0 Å². The summed E-state index contributed by atoms with van der Waals surface area (Å²) in [5, 5.41) is 0. The van der Waals surface area contributed by atoms with E-state index in [-0.39, 0.29) is 11.7 Å². The van der Waals surface area contributed by atoms with Crippen molar-refractivity contribution in [1.82, 2.24) is 9.80 Å². The lowest BCUT2D eigenvalue weighted by molar-refractivity contribution is -0.136. The van der Waals surface area contributed by atoms with Gasteiger partial charge in [0.15, 0.2) is 0 Å². The SMILES string of the molecule is CC(C)N1CCCN(C(=O)C2CCN(c3ccc(F)cc3)CC2)CC1. The molecule has 0 atom stereocenters. The zero-order valence-electron chi connectivity index (χ0n) is 15.5. The second-order valence-electron chi connectivity index (χ2n) is 7.55. The number of carbonyl (C=O) groups is 1. The molecule has 0 unspecified atom stereocenters. The molecule has 2 aliphatic heterocycles. The average molecular weight is 347 g/mol. The molecule has 0 spiro atoms. The second-order valence-corrected chi connectivity index (χ2v) is 7.55. The highest BCUT2D eigenvalue weighted by Gasteiger charge is 2.30. The van der Waals surface area contributed by atoms with E-state index in [1.807, 2.05) is 12.1 Å². The van der Waals surface area contributed by atoms with Crippen molar-refractivity contribution in [3.63, 3.8) is 0 Å². The topological polar surface area (TPSA) is 26.8 Å². The third-order valence-electron chi connectivity index (χ3n) is 5.61. The monoisotopic (exact) mass is 347 g/mol. The number of amides is 1. The van der Waals surface area contributed by atoms with Crippen LogP contribution in [0.4, 0.5) is 10.1 Å². The summed E-state index contributed by atoms with van der Waals surface area (Å²) in [6.45, 7) is 10.0. The van der Waals surface area contributed by atoms with Crippen molar-refractivity contribution in [3.8, 4) is 0 Å². The van der Waals surface area contributed by atoms with Crippen LogP contribution in [0.2, 0.25) is 0 Å². The zero-order chi connectivity index (χ0) is 17.8. The first kappa shape index (κ1) is 18.2. The molecule has 0 N–H and O–H groups in total. The van der Waals surface area contributed by atoms with Gasteiger partial charge >= 0.3 is 0 Å². The summed E-state index contributed by atoms with van der Waals surface area (Å²) in [4.78, 5) is 19.7. The molecule has 0 radical (unpaired) electrons. The van der Waals surface area contributed by atoms with Crippen molar-refractivity contribution in [1.29, 1.82) is 0 Å². The quantitative estimate of drug-likeness (QED) is 0.841. The van der Waals surface area contributed by atoms with Crippen LogP contribution in [-0.4, -0.2) is 61.0 Å². The molecule has 2 fully saturated rings. The van der Waals surface area contributed by atoms with E-state index in [0.29, 0.717) is 11.9 Å². The Hall–Kier alpha value is -1.62. The van der Waals surface area contributed by atoms with Gasteiger partial charge in [-0.3, -0.25) is 9.69 Å². The van der Waals surface area contributed by atoms with Crippen LogP contribution in [0.1, 0.15) is 33.1 Å². The molecule has 0 aliphatic carbocycles. The predicted octanol–water partition coefficient (Wildman–Crippen LogP) is 2.98. The average Bonchev–Trinajstić information content (AvgIpc) is 2.88. The molecule has 1 aromatic carbocycles. The van der Waals surface area contributed by atoms with Gasteiger partial charge in [0, 0.05) is 56.9 Å². The minimum Gasteiger partial charge on any atom is -0.371 e. The van der Waals surface area contributed by atoms with E-state index in [9.17, 15) is 9.18 Å². The summed E-state index contributed by atoms with van der Waals surface area (Å²) in [5.41, 5.74) is 1.05. The highest BCUT2D eigenvalue weighted by molar-refractivity contribution is 5.79. The first-order chi connectivity index (χ1) is 12.0. The maximum Gasteiger partial charge on any atom is 0.225 e. The van der Waals surface area contributed by atoms with Gasteiger partial charge in [0.1, 0.15) is 5.82 Å². The largest absolute Gasteiger partial charge is 0.371 e. The fourth-order valence-electron chi connectivity index (χ4n) is 3.97. The van der Waals surface area contributed by atoms with Gasteiger partial charge in [0.2, 0.25) is 5.91 Å². The Balaban J connectivity index is 1.52. The summed E-state index contributed by atoms with van der Waals surface area (Å²) < 4.78 is 13.1. The molecule has 4 nitrogen and oxygen atoms in total. The molecule has 0 aromatic heterocycles. The van der Waals surface area contributed by atoms with Crippen molar-refractivity contribution in [2.45, 2.75) is 39.2 Å². The predicted molar refractivity (Wildman–Crippen MR) is 99.2 cm³/mol. The van der Waals surface area contributed by atoms with Crippen LogP contribution < -0.4 is 4.90 Å². The summed E-state index contributed by atoms with van der Waals surface area (Å²) in [6, 6.07) is 7.21. The summed E-state index contributed by atoms with van der Waals surface area (Å²) >= 11 is 0. The molecular weight excluding hydrogens is 317 g/mol. The van der Waals surface area contributed by atoms with Gasteiger partial charge in [-0.1, -0.05) is 0 Å². The van der Waals surface area contributed by atoms with Crippen molar-refractivity contribution in [2.24, 2.45) is 5.92 Å². The number of hydrogen-bond donors (Lipinski definition) is 0. The smallest absolute Gasteiger partial charge is 0.225 e.